The molecule has 0 saturated carbocycles. The van der Waals surface area contributed by atoms with E-state index >= 15 is 0 Å². The molecule has 0 heterocycles. The first-order chi connectivity index (χ1) is 11.0. The van der Waals surface area contributed by atoms with Gasteiger partial charge in [-0.25, -0.2) is 4.39 Å². The van der Waals surface area contributed by atoms with E-state index in [1.807, 2.05) is 30.3 Å². The number of hydrogen-bond acceptors (Lipinski definition) is 3. The van der Waals surface area contributed by atoms with E-state index in [-0.39, 0.29) is 12.4 Å². The van der Waals surface area contributed by atoms with Crippen molar-refractivity contribution in [3.05, 3.63) is 59.9 Å². The fourth-order valence-electron chi connectivity index (χ4n) is 2.21. The van der Waals surface area contributed by atoms with Gasteiger partial charge in [0.05, 0.1) is 20.3 Å². The Kier molecular flexibility index (Phi) is 6.12. The van der Waals surface area contributed by atoms with Crippen LogP contribution in [0.2, 0.25) is 0 Å². The molecule has 0 fully saturated rings. The molecular formula is C18H20FO3P. The number of benzene rings is 2. The van der Waals surface area contributed by atoms with Crippen molar-refractivity contribution in [2.45, 2.75) is 12.8 Å². The van der Waals surface area contributed by atoms with E-state index in [0.717, 1.165) is 5.56 Å². The van der Waals surface area contributed by atoms with E-state index in [0.29, 0.717) is 17.3 Å². The molecule has 2 atom stereocenters. The van der Waals surface area contributed by atoms with Gasteiger partial charge >= 0.3 is 5.97 Å². The summed E-state index contributed by atoms with van der Waals surface area (Å²) in [5, 5.41) is 0. The molecule has 0 aromatic heterocycles. The average Bonchev–Trinajstić information content (AvgIpc) is 2.54. The highest BCUT2D eigenvalue weighted by atomic mass is 31.1. The average molecular weight is 334 g/mol. The van der Waals surface area contributed by atoms with Crippen molar-refractivity contribution in [1.82, 2.24) is 0 Å². The summed E-state index contributed by atoms with van der Waals surface area (Å²) in [6.45, 7) is 3.44. The SMILES string of the molecule is CC(C(=O)OCC[PH](C)=O)c1ccc(-c2ccccc2)c(F)c1. The molecule has 2 rings (SSSR count). The second kappa shape index (κ2) is 8.07. The minimum atomic E-state index is -1.65. The fourth-order valence-corrected chi connectivity index (χ4v) is 2.60. The van der Waals surface area contributed by atoms with Crippen molar-refractivity contribution in [1.29, 1.82) is 0 Å². The minimum absolute atomic E-state index is 0.141. The molecule has 2 aromatic carbocycles. The van der Waals surface area contributed by atoms with Crippen molar-refractivity contribution in [2.24, 2.45) is 0 Å². The number of esters is 1. The van der Waals surface area contributed by atoms with Crippen LogP contribution in [0.15, 0.2) is 48.5 Å². The van der Waals surface area contributed by atoms with E-state index in [1.165, 1.54) is 6.07 Å². The number of carbonyl (C=O) groups excluding carboxylic acids is 1. The van der Waals surface area contributed by atoms with Crippen LogP contribution >= 0.6 is 7.80 Å². The Bertz CT molecular complexity index is 701. The molecule has 5 heteroatoms. The van der Waals surface area contributed by atoms with Gasteiger partial charge in [0, 0.05) is 11.7 Å². The second-order valence-corrected chi connectivity index (χ2v) is 7.35. The first-order valence-electron chi connectivity index (χ1n) is 7.50. The summed E-state index contributed by atoms with van der Waals surface area (Å²) in [6.07, 6.45) is 0.379. The minimum Gasteiger partial charge on any atom is -0.465 e. The van der Waals surface area contributed by atoms with Gasteiger partial charge in [-0.1, -0.05) is 42.5 Å². The maximum atomic E-state index is 14.3. The summed E-state index contributed by atoms with van der Waals surface area (Å²) in [5.41, 5.74) is 1.86. The van der Waals surface area contributed by atoms with Gasteiger partial charge in [0.15, 0.2) is 0 Å². The van der Waals surface area contributed by atoms with Gasteiger partial charge in [0.1, 0.15) is 5.82 Å². The number of ether oxygens (including phenoxy) is 1. The van der Waals surface area contributed by atoms with Crippen molar-refractivity contribution < 1.29 is 18.5 Å². The van der Waals surface area contributed by atoms with Crippen LogP contribution in [0.3, 0.4) is 0 Å². The predicted octanol–water partition coefficient (Wildman–Crippen LogP) is 4.33. The summed E-state index contributed by atoms with van der Waals surface area (Å²) in [5.74, 6) is -1.36. The predicted molar refractivity (Wildman–Crippen MR) is 91.0 cm³/mol. The molecule has 0 spiro atoms. The van der Waals surface area contributed by atoms with Gasteiger partial charge in [-0.3, -0.25) is 4.79 Å². The van der Waals surface area contributed by atoms with Crippen LogP contribution in [0.1, 0.15) is 18.4 Å². The summed E-state index contributed by atoms with van der Waals surface area (Å²) >= 11 is 0. The number of halogens is 1. The number of carbonyl (C=O) groups is 1. The molecule has 0 aliphatic rings. The Hall–Kier alpha value is -1.93. The van der Waals surface area contributed by atoms with Crippen LogP contribution in [0.5, 0.6) is 0 Å². The molecule has 0 aliphatic heterocycles. The molecule has 0 bridgehead atoms. The molecule has 0 aliphatic carbocycles. The zero-order valence-electron chi connectivity index (χ0n) is 13.2. The van der Waals surface area contributed by atoms with Crippen LogP contribution in [-0.4, -0.2) is 25.4 Å². The Morgan fingerprint density at radius 3 is 2.52 bits per heavy atom. The monoisotopic (exact) mass is 334 g/mol. The highest BCUT2D eigenvalue weighted by Gasteiger charge is 2.18. The standard InChI is InChI=1S/C18H20FO3P/c1-13(18(20)22-10-11-23(2)21)15-8-9-16(17(19)12-15)14-6-4-3-5-7-14/h3-9,12-13,23H,10-11H2,1-2H3. The Labute approximate surface area is 136 Å². The first-order valence-corrected chi connectivity index (χ1v) is 9.61. The van der Waals surface area contributed by atoms with Crippen LogP contribution in [0.4, 0.5) is 4.39 Å². The van der Waals surface area contributed by atoms with Crippen LogP contribution in [0, 0.1) is 5.82 Å². The zero-order valence-corrected chi connectivity index (χ0v) is 14.2. The lowest BCUT2D eigenvalue weighted by atomic mass is 9.97. The highest BCUT2D eigenvalue weighted by Crippen LogP contribution is 2.26. The van der Waals surface area contributed by atoms with Gasteiger partial charge in [-0.15, -0.1) is 0 Å². The molecule has 3 nitrogen and oxygen atoms in total. The van der Waals surface area contributed by atoms with Crippen LogP contribution < -0.4 is 0 Å². The first kappa shape index (κ1) is 17.4. The lowest BCUT2D eigenvalue weighted by Crippen LogP contribution is -2.15. The van der Waals surface area contributed by atoms with E-state index in [9.17, 15) is 13.8 Å². The number of rotatable bonds is 6. The molecular weight excluding hydrogens is 314 g/mol. The third-order valence-corrected chi connectivity index (χ3v) is 4.54. The van der Waals surface area contributed by atoms with Crippen molar-refractivity contribution in [3.8, 4) is 11.1 Å². The topological polar surface area (TPSA) is 43.4 Å². The summed E-state index contributed by atoms with van der Waals surface area (Å²) in [7, 11) is -1.65. The van der Waals surface area contributed by atoms with Gasteiger partial charge < -0.3 is 9.30 Å². The Morgan fingerprint density at radius 2 is 1.91 bits per heavy atom. The summed E-state index contributed by atoms with van der Waals surface area (Å²) < 4.78 is 30.4. The normalized spacial score (nSPS) is 13.3. The van der Waals surface area contributed by atoms with Crippen molar-refractivity contribution in [3.63, 3.8) is 0 Å². The van der Waals surface area contributed by atoms with Crippen LogP contribution in [0.25, 0.3) is 11.1 Å². The maximum absolute atomic E-state index is 14.3. The van der Waals surface area contributed by atoms with E-state index in [2.05, 4.69) is 0 Å². The molecule has 23 heavy (non-hydrogen) atoms. The van der Waals surface area contributed by atoms with E-state index < -0.39 is 19.7 Å². The van der Waals surface area contributed by atoms with Crippen molar-refractivity contribution >= 4 is 13.8 Å². The lowest BCUT2D eigenvalue weighted by molar-refractivity contribution is -0.144. The van der Waals surface area contributed by atoms with Gasteiger partial charge in [0.25, 0.3) is 0 Å². The second-order valence-electron chi connectivity index (χ2n) is 5.45. The highest BCUT2D eigenvalue weighted by molar-refractivity contribution is 7.43. The smallest absolute Gasteiger partial charge is 0.313 e. The molecule has 0 N–H and O–H groups in total. The summed E-state index contributed by atoms with van der Waals surface area (Å²) in [4.78, 5) is 12.0. The van der Waals surface area contributed by atoms with Gasteiger partial charge in [-0.2, -0.15) is 0 Å². The quantitative estimate of drug-likeness (QED) is 0.583. The maximum Gasteiger partial charge on any atom is 0.313 e. The Morgan fingerprint density at radius 1 is 1.22 bits per heavy atom. The third kappa shape index (κ3) is 4.77. The fraction of sp³-hybridized carbons (Fsp3) is 0.278. The van der Waals surface area contributed by atoms with E-state index in [4.69, 9.17) is 4.74 Å². The largest absolute Gasteiger partial charge is 0.465 e. The van der Waals surface area contributed by atoms with Crippen LogP contribution in [-0.2, 0) is 14.1 Å². The molecule has 0 amide bonds. The van der Waals surface area contributed by atoms with E-state index in [1.54, 1.807) is 25.7 Å². The van der Waals surface area contributed by atoms with Crippen molar-refractivity contribution in [2.75, 3.05) is 19.4 Å². The number of hydrogen-bond donors (Lipinski definition) is 0. The molecule has 0 radical (unpaired) electrons. The summed E-state index contributed by atoms with van der Waals surface area (Å²) in [6, 6.07) is 14.0. The van der Waals surface area contributed by atoms with Gasteiger partial charge in [0.2, 0.25) is 0 Å². The molecule has 122 valence electrons. The lowest BCUT2D eigenvalue weighted by Gasteiger charge is -2.13. The Balaban J connectivity index is 2.10. The zero-order chi connectivity index (χ0) is 16.8. The molecule has 0 saturated heterocycles. The third-order valence-electron chi connectivity index (χ3n) is 3.63. The van der Waals surface area contributed by atoms with Gasteiger partial charge in [-0.05, 0) is 30.8 Å². The molecule has 2 aromatic rings. The molecule has 2 unspecified atom stereocenters.